The lowest BCUT2D eigenvalue weighted by atomic mass is 9.91. The van der Waals surface area contributed by atoms with Crippen LogP contribution >= 0.6 is 11.3 Å². The first kappa shape index (κ1) is 22.9. The molecule has 11 heteroatoms. The van der Waals surface area contributed by atoms with Gasteiger partial charge in [-0.3, -0.25) is 4.79 Å². The van der Waals surface area contributed by atoms with Crippen LogP contribution in [-0.2, 0) is 17.6 Å². The van der Waals surface area contributed by atoms with E-state index < -0.39 is 5.60 Å². The van der Waals surface area contributed by atoms with Crippen LogP contribution in [0.25, 0.3) is 10.3 Å². The van der Waals surface area contributed by atoms with Crippen LogP contribution in [0.3, 0.4) is 0 Å². The number of aryl methyl sites for hydroxylation is 2. The molecule has 5 rings (SSSR count). The minimum Gasteiger partial charge on any atom is -0.396 e. The molecule has 34 heavy (non-hydrogen) atoms. The van der Waals surface area contributed by atoms with Gasteiger partial charge in [-0.1, -0.05) is 0 Å². The average Bonchev–Trinajstić information content (AvgIpc) is 3.30. The number of hydrogen-bond donors (Lipinski definition) is 3. The highest BCUT2D eigenvalue weighted by atomic mass is 32.1. The Morgan fingerprint density at radius 3 is 2.94 bits per heavy atom. The van der Waals surface area contributed by atoms with Gasteiger partial charge in [0.05, 0.1) is 23.0 Å². The Kier molecular flexibility index (Phi) is 5.65. The fourth-order valence-corrected chi connectivity index (χ4v) is 5.72. The van der Waals surface area contributed by atoms with Gasteiger partial charge in [0.15, 0.2) is 0 Å². The number of carbonyl (C=O) groups is 1. The summed E-state index contributed by atoms with van der Waals surface area (Å²) in [6, 6.07) is 1.06. The van der Waals surface area contributed by atoms with Gasteiger partial charge < -0.3 is 26.4 Å². The number of carbonyl (C=O) groups excluding carboxylic acids is 1. The maximum atomic E-state index is 15.2. The van der Waals surface area contributed by atoms with Crippen molar-refractivity contribution in [2.24, 2.45) is 5.73 Å². The molecular formula is C23H28FN7O2S. The van der Waals surface area contributed by atoms with E-state index in [1.165, 1.54) is 17.4 Å². The number of fused-ring (bicyclic) bond motifs is 2. The van der Waals surface area contributed by atoms with Crippen LogP contribution in [0.4, 0.5) is 15.9 Å². The first-order valence-electron chi connectivity index (χ1n) is 11.2. The number of halogens is 1. The molecule has 1 saturated heterocycles. The third-order valence-electron chi connectivity index (χ3n) is 6.92. The maximum absolute atomic E-state index is 15.2. The van der Waals surface area contributed by atoms with E-state index in [2.05, 4.69) is 15.3 Å². The lowest BCUT2D eigenvalue weighted by Gasteiger charge is -2.28. The number of nitrogens with one attached hydrogen (secondary N) is 1. The van der Waals surface area contributed by atoms with Crippen LogP contribution in [0, 0.1) is 12.7 Å². The predicted octanol–water partition coefficient (Wildman–Crippen LogP) is 1.96. The minimum atomic E-state index is -0.498. The summed E-state index contributed by atoms with van der Waals surface area (Å²) < 4.78 is 20.7. The second kappa shape index (κ2) is 8.40. The quantitative estimate of drug-likeness (QED) is 0.511. The lowest BCUT2D eigenvalue weighted by molar-refractivity contribution is 0.0129. The van der Waals surface area contributed by atoms with Crippen LogP contribution in [0.5, 0.6) is 0 Å². The molecule has 180 valence electrons. The molecule has 9 nitrogen and oxygen atoms in total. The van der Waals surface area contributed by atoms with Crippen molar-refractivity contribution in [1.82, 2.24) is 20.3 Å². The summed E-state index contributed by atoms with van der Waals surface area (Å²) in [5, 5.41) is 3.01. The lowest BCUT2D eigenvalue weighted by Crippen LogP contribution is -2.45. The van der Waals surface area contributed by atoms with Gasteiger partial charge in [-0.05, 0) is 33.1 Å². The number of hydrogen-bond acceptors (Lipinski definition) is 9. The zero-order valence-corrected chi connectivity index (χ0v) is 20.2. The zero-order valence-electron chi connectivity index (χ0n) is 19.4. The Balaban J connectivity index is 1.32. The number of anilines is 2. The van der Waals surface area contributed by atoms with Crippen molar-refractivity contribution in [3.8, 4) is 0 Å². The number of ether oxygens (including phenoxy) is 1. The summed E-state index contributed by atoms with van der Waals surface area (Å²) in [5.74, 6) is -0.0320. The molecule has 0 saturated carbocycles. The van der Waals surface area contributed by atoms with Gasteiger partial charge >= 0.3 is 0 Å². The van der Waals surface area contributed by atoms with E-state index in [0.717, 1.165) is 11.4 Å². The van der Waals surface area contributed by atoms with Crippen molar-refractivity contribution in [2.75, 3.05) is 30.8 Å². The predicted molar refractivity (Wildman–Crippen MR) is 130 cm³/mol. The summed E-state index contributed by atoms with van der Waals surface area (Å²) in [6.07, 6.45) is 3.22. The molecule has 1 amide bonds. The molecule has 3 aromatic rings. The Morgan fingerprint density at radius 2 is 2.21 bits per heavy atom. The Labute approximate surface area is 200 Å². The summed E-state index contributed by atoms with van der Waals surface area (Å²) in [7, 11) is 1.64. The number of nitrogen functional groups attached to an aromatic ring is 1. The molecule has 0 bridgehead atoms. The van der Waals surface area contributed by atoms with Crippen molar-refractivity contribution in [1.29, 1.82) is 0 Å². The molecule has 1 aliphatic carbocycles. The molecule has 1 fully saturated rings. The largest absolute Gasteiger partial charge is 0.396 e. The number of pyridine rings is 1. The smallest absolute Gasteiger partial charge is 0.263 e. The van der Waals surface area contributed by atoms with Crippen molar-refractivity contribution in [3.63, 3.8) is 0 Å². The monoisotopic (exact) mass is 485 g/mol. The Morgan fingerprint density at radius 1 is 1.41 bits per heavy atom. The van der Waals surface area contributed by atoms with Gasteiger partial charge in [0, 0.05) is 49.8 Å². The highest BCUT2D eigenvalue weighted by Crippen LogP contribution is 2.33. The van der Waals surface area contributed by atoms with Gasteiger partial charge in [-0.2, -0.15) is 0 Å². The summed E-state index contributed by atoms with van der Waals surface area (Å²) in [5.41, 5.74) is 14.8. The molecule has 0 spiro atoms. The molecule has 4 heterocycles. The van der Waals surface area contributed by atoms with E-state index in [9.17, 15) is 4.79 Å². The summed E-state index contributed by atoms with van der Waals surface area (Å²) >= 11 is 1.22. The molecule has 5 N–H and O–H groups in total. The van der Waals surface area contributed by atoms with Crippen LogP contribution in [0.15, 0.2) is 12.3 Å². The number of amides is 1. The van der Waals surface area contributed by atoms with E-state index in [1.807, 2.05) is 18.7 Å². The second-order valence-corrected chi connectivity index (χ2v) is 10.3. The minimum absolute atomic E-state index is 0.186. The number of nitrogens with zero attached hydrogens (tertiary/aromatic N) is 4. The number of nitrogens with two attached hydrogens (primary N) is 2. The summed E-state index contributed by atoms with van der Waals surface area (Å²) in [6.45, 7) is 4.89. The van der Waals surface area contributed by atoms with Gasteiger partial charge in [-0.15, -0.1) is 11.3 Å². The number of thiophene rings is 1. The van der Waals surface area contributed by atoms with Gasteiger partial charge in [0.1, 0.15) is 26.9 Å². The van der Waals surface area contributed by atoms with Crippen LogP contribution in [0.2, 0.25) is 0 Å². The highest BCUT2D eigenvalue weighted by Gasteiger charge is 2.42. The Hall–Kier alpha value is -2.89. The summed E-state index contributed by atoms with van der Waals surface area (Å²) in [4.78, 5) is 29.4. The number of rotatable bonds is 4. The van der Waals surface area contributed by atoms with Gasteiger partial charge in [0.25, 0.3) is 5.91 Å². The van der Waals surface area contributed by atoms with E-state index in [-0.39, 0.29) is 23.8 Å². The zero-order chi connectivity index (χ0) is 24.2. The van der Waals surface area contributed by atoms with Crippen molar-refractivity contribution in [2.45, 2.75) is 50.8 Å². The van der Waals surface area contributed by atoms with E-state index >= 15 is 4.39 Å². The molecule has 1 aliphatic heterocycles. The topological polar surface area (TPSA) is 132 Å². The fraction of sp³-hybridized carbons (Fsp3) is 0.478. The van der Waals surface area contributed by atoms with Crippen LogP contribution < -0.4 is 21.7 Å². The first-order chi connectivity index (χ1) is 16.2. The van der Waals surface area contributed by atoms with Crippen LogP contribution in [0.1, 0.15) is 40.0 Å². The van der Waals surface area contributed by atoms with Gasteiger partial charge in [-0.25, -0.2) is 19.3 Å². The maximum Gasteiger partial charge on any atom is 0.263 e. The van der Waals surface area contributed by atoms with Crippen LogP contribution in [-0.4, -0.2) is 58.7 Å². The molecule has 3 unspecified atom stereocenters. The van der Waals surface area contributed by atoms with Crippen molar-refractivity contribution < 1.29 is 13.9 Å². The van der Waals surface area contributed by atoms with Crippen molar-refractivity contribution in [3.05, 3.63) is 39.9 Å². The van der Waals surface area contributed by atoms with Gasteiger partial charge in [0.2, 0.25) is 0 Å². The molecular weight excluding hydrogens is 457 g/mol. The third-order valence-corrected chi connectivity index (χ3v) is 8.01. The Bertz CT molecular complexity index is 1280. The molecule has 2 aliphatic rings. The molecule has 0 radical (unpaired) electrons. The number of aromatic nitrogens is 3. The number of methoxy groups -OCH3 is 1. The van der Waals surface area contributed by atoms with Crippen molar-refractivity contribution >= 4 is 39.1 Å². The van der Waals surface area contributed by atoms with E-state index in [4.69, 9.17) is 21.2 Å². The average molecular weight is 486 g/mol. The highest BCUT2D eigenvalue weighted by molar-refractivity contribution is 7.21. The third kappa shape index (κ3) is 3.87. The van der Waals surface area contributed by atoms with E-state index in [1.54, 1.807) is 13.3 Å². The normalized spacial score (nSPS) is 24.4. The standard InChI is InChI=1S/C23H28FN7O2S/c1-11-8-27-19-18(26)20(34-22(19)28-11)21(32)29-12-4-5-15-13(6-12)14(24)7-17(30-15)31-9-16(25)23(2,10-31)33-3/h7-8,12,16H,4-6,9-10,25-26H2,1-3H3,(H,29,32). The van der Waals surface area contributed by atoms with E-state index in [0.29, 0.717) is 64.6 Å². The fourth-order valence-electron chi connectivity index (χ4n) is 4.71. The molecule has 0 aromatic carbocycles. The molecule has 3 aromatic heterocycles. The SMILES string of the molecule is COC1(C)CN(c2cc(F)c3c(n2)CCC(NC(=O)c2sc4nc(C)cnc4c2N)C3)CC1N. The molecule has 3 atom stereocenters. The first-order valence-corrected chi connectivity index (χ1v) is 12.1. The second-order valence-electron chi connectivity index (χ2n) is 9.31.